The van der Waals surface area contributed by atoms with Crippen LogP contribution in [-0.4, -0.2) is 16.1 Å². The lowest BCUT2D eigenvalue weighted by atomic mass is 10.00. The summed E-state index contributed by atoms with van der Waals surface area (Å²) >= 11 is 0. The quantitative estimate of drug-likeness (QED) is 0.672. The first-order valence-electron chi connectivity index (χ1n) is 7.05. The SMILES string of the molecule is Cn1ccc2c(N3CCc4ccccc4C3)nccc21. The summed E-state index contributed by atoms with van der Waals surface area (Å²) in [5.74, 6) is 1.11. The molecule has 4 rings (SSSR count). The van der Waals surface area contributed by atoms with Crippen LogP contribution in [0.2, 0.25) is 0 Å². The molecule has 100 valence electrons. The second-order valence-electron chi connectivity index (χ2n) is 5.43. The van der Waals surface area contributed by atoms with Gasteiger partial charge in [0.25, 0.3) is 0 Å². The number of aromatic nitrogens is 2. The van der Waals surface area contributed by atoms with Crippen LogP contribution in [0.4, 0.5) is 5.82 Å². The van der Waals surface area contributed by atoms with Gasteiger partial charge < -0.3 is 9.47 Å². The summed E-state index contributed by atoms with van der Waals surface area (Å²) in [6.07, 6.45) is 5.12. The van der Waals surface area contributed by atoms with Crippen LogP contribution < -0.4 is 4.90 Å². The van der Waals surface area contributed by atoms with Crippen molar-refractivity contribution in [2.45, 2.75) is 13.0 Å². The number of pyridine rings is 1. The second-order valence-corrected chi connectivity index (χ2v) is 5.43. The molecule has 3 heteroatoms. The Balaban J connectivity index is 1.78. The second kappa shape index (κ2) is 4.37. The highest BCUT2D eigenvalue weighted by Gasteiger charge is 2.19. The lowest BCUT2D eigenvalue weighted by molar-refractivity contribution is 0.724. The van der Waals surface area contributed by atoms with Gasteiger partial charge in [0.15, 0.2) is 0 Å². The van der Waals surface area contributed by atoms with E-state index in [9.17, 15) is 0 Å². The topological polar surface area (TPSA) is 21.1 Å². The van der Waals surface area contributed by atoms with Gasteiger partial charge in [0.05, 0.1) is 5.52 Å². The van der Waals surface area contributed by atoms with Gasteiger partial charge in [-0.15, -0.1) is 0 Å². The van der Waals surface area contributed by atoms with Gasteiger partial charge in [0.1, 0.15) is 5.82 Å². The largest absolute Gasteiger partial charge is 0.351 e. The molecule has 0 atom stereocenters. The molecule has 3 nitrogen and oxygen atoms in total. The summed E-state index contributed by atoms with van der Waals surface area (Å²) in [5.41, 5.74) is 4.14. The van der Waals surface area contributed by atoms with Crippen LogP contribution in [0.5, 0.6) is 0 Å². The van der Waals surface area contributed by atoms with Crippen LogP contribution >= 0.6 is 0 Å². The number of anilines is 1. The van der Waals surface area contributed by atoms with E-state index in [4.69, 9.17) is 0 Å². The number of rotatable bonds is 1. The van der Waals surface area contributed by atoms with E-state index in [1.54, 1.807) is 0 Å². The van der Waals surface area contributed by atoms with Crippen LogP contribution in [-0.2, 0) is 20.0 Å². The minimum absolute atomic E-state index is 0.956. The van der Waals surface area contributed by atoms with E-state index in [0.29, 0.717) is 0 Å². The molecule has 20 heavy (non-hydrogen) atoms. The van der Waals surface area contributed by atoms with E-state index in [2.05, 4.69) is 64.1 Å². The van der Waals surface area contributed by atoms with Crippen molar-refractivity contribution in [1.29, 1.82) is 0 Å². The molecule has 0 bridgehead atoms. The zero-order valence-corrected chi connectivity index (χ0v) is 11.6. The van der Waals surface area contributed by atoms with Crippen molar-refractivity contribution in [3.05, 3.63) is 59.9 Å². The van der Waals surface area contributed by atoms with E-state index in [1.165, 1.54) is 22.0 Å². The highest BCUT2D eigenvalue weighted by atomic mass is 15.2. The van der Waals surface area contributed by atoms with Gasteiger partial charge >= 0.3 is 0 Å². The van der Waals surface area contributed by atoms with Crippen LogP contribution in [0, 0.1) is 0 Å². The molecule has 0 amide bonds. The van der Waals surface area contributed by atoms with Gasteiger partial charge in [-0.3, -0.25) is 0 Å². The van der Waals surface area contributed by atoms with Crippen molar-refractivity contribution in [1.82, 2.24) is 9.55 Å². The molecule has 0 saturated carbocycles. The number of hydrogen-bond donors (Lipinski definition) is 0. The Morgan fingerprint density at radius 3 is 2.80 bits per heavy atom. The number of hydrogen-bond acceptors (Lipinski definition) is 2. The molecular formula is C17H17N3. The molecule has 0 saturated heterocycles. The lowest BCUT2D eigenvalue weighted by Crippen LogP contribution is -2.31. The summed E-state index contributed by atoms with van der Waals surface area (Å²) in [7, 11) is 2.08. The third-order valence-corrected chi connectivity index (χ3v) is 4.22. The normalized spacial score (nSPS) is 14.6. The van der Waals surface area contributed by atoms with Gasteiger partial charge in [-0.1, -0.05) is 24.3 Å². The number of fused-ring (bicyclic) bond motifs is 2. The first-order valence-corrected chi connectivity index (χ1v) is 7.05. The summed E-state index contributed by atoms with van der Waals surface area (Å²) in [6.45, 7) is 2.00. The van der Waals surface area contributed by atoms with Crippen molar-refractivity contribution < 1.29 is 0 Å². The average Bonchev–Trinajstić information content (AvgIpc) is 2.88. The van der Waals surface area contributed by atoms with Gasteiger partial charge in [0, 0.05) is 37.9 Å². The van der Waals surface area contributed by atoms with Crippen molar-refractivity contribution in [2.24, 2.45) is 7.05 Å². The molecule has 2 aromatic heterocycles. The molecule has 3 heterocycles. The minimum Gasteiger partial charge on any atom is -0.351 e. The fraction of sp³-hybridized carbons (Fsp3) is 0.235. The molecule has 3 aromatic rings. The maximum atomic E-state index is 4.63. The highest BCUT2D eigenvalue weighted by molar-refractivity contribution is 5.90. The molecule has 0 aliphatic carbocycles. The average molecular weight is 263 g/mol. The Kier molecular flexibility index (Phi) is 2.52. The molecule has 0 unspecified atom stereocenters. The Morgan fingerprint density at radius 1 is 1.05 bits per heavy atom. The van der Waals surface area contributed by atoms with Crippen LogP contribution in [0.1, 0.15) is 11.1 Å². The van der Waals surface area contributed by atoms with Gasteiger partial charge in [-0.05, 0) is 29.7 Å². The highest BCUT2D eigenvalue weighted by Crippen LogP contribution is 2.29. The minimum atomic E-state index is 0.956. The molecule has 0 spiro atoms. The monoisotopic (exact) mass is 263 g/mol. The molecule has 1 aliphatic rings. The standard InChI is InChI=1S/C17H17N3/c1-19-10-8-15-16(19)6-9-18-17(15)20-11-7-13-4-2-3-5-14(13)12-20/h2-6,8-10H,7,11-12H2,1H3. The summed E-state index contributed by atoms with van der Waals surface area (Å²) in [4.78, 5) is 7.02. The van der Waals surface area contributed by atoms with Crippen molar-refractivity contribution in [2.75, 3.05) is 11.4 Å². The predicted molar refractivity (Wildman–Crippen MR) is 81.9 cm³/mol. The first-order chi connectivity index (χ1) is 9.83. The fourth-order valence-electron chi connectivity index (χ4n) is 3.11. The summed E-state index contributed by atoms with van der Waals surface area (Å²) in [6, 6.07) is 13.0. The Morgan fingerprint density at radius 2 is 1.90 bits per heavy atom. The lowest BCUT2D eigenvalue weighted by Gasteiger charge is -2.30. The zero-order chi connectivity index (χ0) is 13.5. The van der Waals surface area contributed by atoms with E-state index < -0.39 is 0 Å². The van der Waals surface area contributed by atoms with E-state index >= 15 is 0 Å². The molecular weight excluding hydrogens is 246 g/mol. The van der Waals surface area contributed by atoms with Crippen LogP contribution in [0.15, 0.2) is 48.8 Å². The van der Waals surface area contributed by atoms with E-state index in [-0.39, 0.29) is 0 Å². The Bertz CT molecular complexity index is 773. The zero-order valence-electron chi connectivity index (χ0n) is 11.6. The molecule has 0 radical (unpaired) electrons. The predicted octanol–water partition coefficient (Wildman–Crippen LogP) is 3.14. The van der Waals surface area contributed by atoms with Crippen molar-refractivity contribution in [3.63, 3.8) is 0 Å². The number of benzene rings is 1. The van der Waals surface area contributed by atoms with Crippen LogP contribution in [0.3, 0.4) is 0 Å². The van der Waals surface area contributed by atoms with Gasteiger partial charge in [0.2, 0.25) is 0 Å². The Labute approximate surface area is 118 Å². The summed E-state index contributed by atoms with van der Waals surface area (Å²) < 4.78 is 2.15. The van der Waals surface area contributed by atoms with E-state index in [1.807, 2.05) is 6.20 Å². The van der Waals surface area contributed by atoms with Gasteiger partial charge in [-0.25, -0.2) is 4.98 Å². The van der Waals surface area contributed by atoms with Crippen LogP contribution in [0.25, 0.3) is 10.9 Å². The fourth-order valence-corrected chi connectivity index (χ4v) is 3.11. The maximum Gasteiger partial charge on any atom is 0.138 e. The first kappa shape index (κ1) is 11.5. The van der Waals surface area contributed by atoms with Gasteiger partial charge in [-0.2, -0.15) is 0 Å². The molecule has 0 N–H and O–H groups in total. The Hall–Kier alpha value is -2.29. The van der Waals surface area contributed by atoms with E-state index in [0.717, 1.165) is 25.3 Å². The summed E-state index contributed by atoms with van der Waals surface area (Å²) in [5, 5.41) is 1.24. The number of nitrogens with zero attached hydrogens (tertiary/aromatic N) is 3. The maximum absolute atomic E-state index is 4.63. The number of aryl methyl sites for hydroxylation is 1. The third kappa shape index (κ3) is 1.70. The van der Waals surface area contributed by atoms with Crippen molar-refractivity contribution in [3.8, 4) is 0 Å². The van der Waals surface area contributed by atoms with Crippen molar-refractivity contribution >= 4 is 16.7 Å². The molecule has 1 aliphatic heterocycles. The molecule has 1 aromatic carbocycles. The smallest absolute Gasteiger partial charge is 0.138 e. The molecule has 0 fully saturated rings. The third-order valence-electron chi connectivity index (χ3n) is 4.22.